The second-order valence-electron chi connectivity index (χ2n) is 14.6. The number of carbonyl (C=O) groups is 2. The number of rotatable bonds is 14. The van der Waals surface area contributed by atoms with Gasteiger partial charge in [-0.15, -0.1) is 0 Å². The molecule has 10 nitrogen and oxygen atoms in total. The van der Waals surface area contributed by atoms with E-state index in [9.17, 15) is 9.59 Å². The van der Waals surface area contributed by atoms with Crippen molar-refractivity contribution >= 4 is 75.2 Å². The zero-order chi connectivity index (χ0) is 40.1. The number of anilines is 2. The lowest BCUT2D eigenvalue weighted by atomic mass is 9.76. The molecule has 2 N–H and O–H groups in total. The summed E-state index contributed by atoms with van der Waals surface area (Å²) in [6.45, 7) is 15.2. The van der Waals surface area contributed by atoms with Gasteiger partial charge in [-0.2, -0.15) is 10.2 Å². The maximum Gasteiger partial charge on any atom is 0.280 e. The van der Waals surface area contributed by atoms with Crippen LogP contribution in [0.2, 0.25) is 15.1 Å². The van der Waals surface area contributed by atoms with Crippen molar-refractivity contribution in [1.29, 1.82) is 0 Å². The second-order valence-corrected chi connectivity index (χ2v) is 15.8. The quantitative estimate of drug-likeness (QED) is 0.123. The standard InChI is InChI=1S/C42H47Cl3N6O4/c1-9-34(55-35-21-12-25(41(4,5)10-2)22-31(35)42(6,7)11-3)39(52)47-28-15-13-27(14-16-28)46-38-36(49-48-29-17-19-30(54-8)20-18-29)40(53)51(50-38)37-32(44)23-26(43)24-33(37)45/h12-24,34,36H,9-11H2,1-8H3,(H,46,50)(H,47,52). The van der Waals surface area contributed by atoms with E-state index in [1.165, 1.54) is 22.7 Å². The van der Waals surface area contributed by atoms with Crippen LogP contribution in [0.5, 0.6) is 11.5 Å². The smallest absolute Gasteiger partial charge is 0.280 e. The minimum absolute atomic E-state index is 0.0126. The molecule has 1 aliphatic rings. The zero-order valence-corrected chi connectivity index (χ0v) is 34.6. The van der Waals surface area contributed by atoms with Crippen LogP contribution in [0.25, 0.3) is 0 Å². The molecular weight excluding hydrogens is 759 g/mol. The van der Waals surface area contributed by atoms with Crippen molar-refractivity contribution < 1.29 is 19.1 Å². The van der Waals surface area contributed by atoms with Crippen LogP contribution >= 0.6 is 34.8 Å². The number of nitrogens with zero attached hydrogens (tertiary/aromatic N) is 4. The molecule has 0 spiro atoms. The van der Waals surface area contributed by atoms with Crippen molar-refractivity contribution in [2.75, 3.05) is 17.4 Å². The van der Waals surface area contributed by atoms with Gasteiger partial charge in [-0.25, -0.2) is 10.0 Å². The number of benzene rings is 4. The van der Waals surface area contributed by atoms with Gasteiger partial charge in [0.25, 0.3) is 11.8 Å². The molecule has 1 aliphatic heterocycles. The molecule has 4 aromatic carbocycles. The lowest BCUT2D eigenvalue weighted by Gasteiger charge is -2.31. The van der Waals surface area contributed by atoms with Crippen LogP contribution in [-0.2, 0) is 20.4 Å². The molecular formula is C42H47Cl3N6O4. The van der Waals surface area contributed by atoms with Crippen molar-refractivity contribution in [1.82, 2.24) is 5.43 Å². The van der Waals surface area contributed by atoms with E-state index in [2.05, 4.69) is 74.6 Å². The Morgan fingerprint density at radius 3 is 2.07 bits per heavy atom. The number of nitrogens with one attached hydrogen (secondary N) is 2. The van der Waals surface area contributed by atoms with Crippen LogP contribution in [0.3, 0.4) is 0 Å². The highest BCUT2D eigenvalue weighted by Crippen LogP contribution is 2.40. The third kappa shape index (κ3) is 9.61. The van der Waals surface area contributed by atoms with Crippen LogP contribution in [0, 0.1) is 0 Å². The number of aliphatic imine (C=N–C) groups is 1. The first-order chi connectivity index (χ1) is 26.1. The summed E-state index contributed by atoms with van der Waals surface area (Å²) >= 11 is 19.1. The Balaban J connectivity index is 1.38. The van der Waals surface area contributed by atoms with Crippen molar-refractivity contribution in [2.24, 2.45) is 15.2 Å². The zero-order valence-electron chi connectivity index (χ0n) is 32.3. The summed E-state index contributed by atoms with van der Waals surface area (Å²) in [4.78, 5) is 32.1. The second kappa shape index (κ2) is 17.4. The van der Waals surface area contributed by atoms with Gasteiger partial charge in [0.2, 0.25) is 6.04 Å². The predicted molar refractivity (Wildman–Crippen MR) is 223 cm³/mol. The van der Waals surface area contributed by atoms with E-state index in [-0.39, 0.29) is 38.3 Å². The highest BCUT2D eigenvalue weighted by molar-refractivity contribution is 6.43. The molecule has 5 rings (SSSR count). The van der Waals surface area contributed by atoms with Gasteiger partial charge in [0.15, 0.2) is 11.9 Å². The number of hydrogen-bond acceptors (Lipinski definition) is 7. The molecule has 2 atom stereocenters. The van der Waals surface area contributed by atoms with E-state index in [0.717, 1.165) is 18.4 Å². The van der Waals surface area contributed by atoms with Crippen LogP contribution < -0.4 is 25.2 Å². The number of ether oxygens (including phenoxy) is 2. The number of azo groups is 1. The van der Waals surface area contributed by atoms with Gasteiger partial charge in [-0.3, -0.25) is 15.0 Å². The highest BCUT2D eigenvalue weighted by atomic mass is 35.5. The summed E-state index contributed by atoms with van der Waals surface area (Å²) in [5.74, 6) is 0.768. The number of methoxy groups -OCH3 is 1. The molecule has 1 saturated heterocycles. The Hall–Kier alpha value is -4.64. The van der Waals surface area contributed by atoms with Crippen LogP contribution in [0.1, 0.15) is 78.9 Å². The molecule has 2 unspecified atom stereocenters. The van der Waals surface area contributed by atoms with Crippen LogP contribution in [-0.4, -0.2) is 36.9 Å². The predicted octanol–water partition coefficient (Wildman–Crippen LogP) is 11.6. The molecule has 1 fully saturated rings. The van der Waals surface area contributed by atoms with E-state index in [0.29, 0.717) is 40.0 Å². The molecule has 0 aliphatic carbocycles. The van der Waals surface area contributed by atoms with Crippen molar-refractivity contribution in [3.8, 4) is 11.5 Å². The van der Waals surface area contributed by atoms with Gasteiger partial charge in [0.05, 0.1) is 28.5 Å². The largest absolute Gasteiger partial charge is 0.497 e. The third-order valence-corrected chi connectivity index (χ3v) is 10.9. The van der Waals surface area contributed by atoms with Crippen LogP contribution in [0.4, 0.5) is 22.7 Å². The molecule has 0 radical (unpaired) electrons. The minimum Gasteiger partial charge on any atom is -0.497 e. The van der Waals surface area contributed by atoms with Crippen molar-refractivity contribution in [3.05, 3.63) is 105 Å². The summed E-state index contributed by atoms with van der Waals surface area (Å²) in [5, 5.41) is 13.4. The van der Waals surface area contributed by atoms with Gasteiger partial charge >= 0.3 is 0 Å². The maximum absolute atomic E-state index is 13.8. The maximum atomic E-state index is 13.8. The number of hydrogen-bond donors (Lipinski definition) is 2. The van der Waals surface area contributed by atoms with Gasteiger partial charge in [0.1, 0.15) is 17.2 Å². The van der Waals surface area contributed by atoms with Crippen molar-refractivity contribution in [2.45, 2.75) is 90.7 Å². The lowest BCUT2D eigenvalue weighted by molar-refractivity contribution is -0.123. The Morgan fingerprint density at radius 2 is 1.49 bits per heavy atom. The molecule has 4 aromatic rings. The summed E-state index contributed by atoms with van der Waals surface area (Å²) in [6, 6.07) is 22.0. The number of carbonyl (C=O) groups excluding carboxylic acids is 2. The number of amides is 2. The van der Waals surface area contributed by atoms with E-state index in [1.54, 1.807) is 55.6 Å². The summed E-state index contributed by atoms with van der Waals surface area (Å²) in [6.07, 6.45) is 1.66. The summed E-state index contributed by atoms with van der Waals surface area (Å²) in [7, 11) is 1.57. The number of halogens is 3. The first-order valence-corrected chi connectivity index (χ1v) is 19.3. The average Bonchev–Trinajstić information content (AvgIpc) is 3.46. The fraction of sp³-hybridized carbons (Fsp3) is 0.357. The topological polar surface area (TPSA) is 117 Å². The number of amidine groups is 1. The molecule has 290 valence electrons. The number of hydrazine groups is 1. The first kappa shape index (κ1) is 41.5. The van der Waals surface area contributed by atoms with Gasteiger partial charge in [-0.1, -0.05) is 95.4 Å². The van der Waals surface area contributed by atoms with Gasteiger partial charge in [0, 0.05) is 16.3 Å². The van der Waals surface area contributed by atoms with E-state index in [4.69, 9.17) is 49.3 Å². The molecule has 0 saturated carbocycles. The van der Waals surface area contributed by atoms with Crippen LogP contribution in [0.15, 0.2) is 94.1 Å². The lowest BCUT2D eigenvalue weighted by Crippen LogP contribution is -2.36. The molecule has 2 amide bonds. The molecule has 0 aromatic heterocycles. The first-order valence-electron chi connectivity index (χ1n) is 18.2. The van der Waals surface area contributed by atoms with E-state index >= 15 is 0 Å². The van der Waals surface area contributed by atoms with Gasteiger partial charge < -0.3 is 14.8 Å². The Kier molecular flexibility index (Phi) is 13.2. The minimum atomic E-state index is -1.16. The molecule has 1 heterocycles. The molecule has 13 heteroatoms. The SMILES string of the molecule is CCC(Oc1ccc(C(C)(C)CC)cc1C(C)(C)CC)C(=O)Nc1ccc(N=C2NN(c3c(Cl)cc(Cl)cc3Cl)C(=O)C2N=Nc2ccc(OC)cc2)cc1. The van der Waals surface area contributed by atoms with E-state index in [1.807, 2.05) is 13.0 Å². The third-order valence-electron chi connectivity index (χ3n) is 10.1. The Morgan fingerprint density at radius 1 is 0.873 bits per heavy atom. The monoisotopic (exact) mass is 804 g/mol. The fourth-order valence-electron chi connectivity index (χ4n) is 5.78. The van der Waals surface area contributed by atoms with Gasteiger partial charge in [-0.05, 0) is 102 Å². The average molecular weight is 806 g/mol. The Bertz CT molecular complexity index is 2060. The van der Waals surface area contributed by atoms with E-state index < -0.39 is 18.1 Å². The normalized spacial score (nSPS) is 16.1. The molecule has 55 heavy (non-hydrogen) atoms. The Labute approximate surface area is 338 Å². The fourth-order valence-corrected chi connectivity index (χ4v) is 6.77. The summed E-state index contributed by atoms with van der Waals surface area (Å²) in [5.41, 5.74) is 6.93. The van der Waals surface area contributed by atoms with Crippen molar-refractivity contribution in [3.63, 3.8) is 0 Å². The molecule has 0 bridgehead atoms. The highest BCUT2D eigenvalue weighted by Gasteiger charge is 2.41. The summed E-state index contributed by atoms with van der Waals surface area (Å²) < 4.78 is 11.7.